The van der Waals surface area contributed by atoms with Gasteiger partial charge < -0.3 is 5.32 Å². The SMILES string of the molecule is O=C(Cc1csc(SCc2ccc(F)cc2)n1)Nc1ccc(Br)cc1. The maximum absolute atomic E-state index is 12.9. The van der Waals surface area contributed by atoms with Gasteiger partial charge >= 0.3 is 0 Å². The van der Waals surface area contributed by atoms with E-state index in [-0.39, 0.29) is 18.1 Å². The van der Waals surface area contributed by atoms with Gasteiger partial charge in [0.05, 0.1) is 12.1 Å². The van der Waals surface area contributed by atoms with Crippen molar-refractivity contribution in [3.8, 4) is 0 Å². The molecule has 0 aliphatic carbocycles. The summed E-state index contributed by atoms with van der Waals surface area (Å²) in [5, 5.41) is 4.75. The highest BCUT2D eigenvalue weighted by molar-refractivity contribution is 9.10. The van der Waals surface area contributed by atoms with Crippen LogP contribution in [-0.2, 0) is 17.0 Å². The van der Waals surface area contributed by atoms with Crippen LogP contribution in [-0.4, -0.2) is 10.9 Å². The molecule has 3 rings (SSSR count). The van der Waals surface area contributed by atoms with E-state index in [1.807, 2.05) is 29.6 Å². The predicted octanol–water partition coefficient (Wildman–Crippen LogP) is 5.52. The highest BCUT2D eigenvalue weighted by Gasteiger charge is 2.09. The molecule has 0 saturated heterocycles. The molecular formula is C18H14BrFN2OS2. The summed E-state index contributed by atoms with van der Waals surface area (Å²) in [6, 6.07) is 13.9. The summed E-state index contributed by atoms with van der Waals surface area (Å²) in [6.07, 6.45) is 0.240. The highest BCUT2D eigenvalue weighted by atomic mass is 79.9. The number of hydrogen-bond acceptors (Lipinski definition) is 4. The Kier molecular flexibility index (Phi) is 6.23. The van der Waals surface area contributed by atoms with Crippen LogP contribution in [0.25, 0.3) is 0 Å². The molecule has 7 heteroatoms. The first-order valence-corrected chi connectivity index (χ1v) is 10.1. The molecule has 0 fully saturated rings. The zero-order chi connectivity index (χ0) is 17.6. The molecule has 1 aromatic heterocycles. The van der Waals surface area contributed by atoms with Crippen molar-refractivity contribution < 1.29 is 9.18 Å². The van der Waals surface area contributed by atoms with Crippen LogP contribution in [0, 0.1) is 5.82 Å². The van der Waals surface area contributed by atoms with Gasteiger partial charge in [0.15, 0.2) is 0 Å². The molecule has 0 bridgehead atoms. The first kappa shape index (κ1) is 18.1. The Hall–Kier alpha value is -1.70. The molecule has 25 heavy (non-hydrogen) atoms. The minimum atomic E-state index is -0.234. The van der Waals surface area contributed by atoms with Crippen LogP contribution in [0.3, 0.4) is 0 Å². The van der Waals surface area contributed by atoms with Crippen LogP contribution < -0.4 is 5.32 Å². The fourth-order valence-electron chi connectivity index (χ4n) is 2.06. The maximum Gasteiger partial charge on any atom is 0.230 e. The lowest BCUT2D eigenvalue weighted by Gasteiger charge is -2.03. The van der Waals surface area contributed by atoms with E-state index in [1.165, 1.54) is 23.5 Å². The topological polar surface area (TPSA) is 42.0 Å². The van der Waals surface area contributed by atoms with E-state index < -0.39 is 0 Å². The summed E-state index contributed by atoms with van der Waals surface area (Å²) in [6.45, 7) is 0. The second-order valence-corrected chi connectivity index (χ2v) is 8.25. The monoisotopic (exact) mass is 436 g/mol. The summed E-state index contributed by atoms with van der Waals surface area (Å²) in [4.78, 5) is 16.6. The molecule has 128 valence electrons. The Labute approximate surface area is 161 Å². The van der Waals surface area contributed by atoms with E-state index in [0.29, 0.717) is 0 Å². The number of carbonyl (C=O) groups excluding carboxylic acids is 1. The van der Waals surface area contributed by atoms with Crippen molar-refractivity contribution in [2.24, 2.45) is 0 Å². The van der Waals surface area contributed by atoms with Crippen LogP contribution in [0.2, 0.25) is 0 Å². The van der Waals surface area contributed by atoms with E-state index >= 15 is 0 Å². The number of carbonyl (C=O) groups is 1. The molecule has 0 spiro atoms. The molecule has 0 atom stereocenters. The Morgan fingerprint density at radius 2 is 1.88 bits per heavy atom. The second-order valence-electron chi connectivity index (χ2n) is 5.25. The minimum absolute atomic E-state index is 0.0947. The molecule has 2 aromatic carbocycles. The number of amides is 1. The molecule has 0 aliphatic rings. The quantitative estimate of drug-likeness (QED) is 0.517. The fourth-order valence-corrected chi connectivity index (χ4v) is 4.13. The number of halogens is 2. The van der Waals surface area contributed by atoms with Crippen LogP contribution in [0.15, 0.2) is 62.7 Å². The predicted molar refractivity (Wildman–Crippen MR) is 105 cm³/mol. The lowest BCUT2D eigenvalue weighted by Crippen LogP contribution is -2.14. The molecule has 1 amide bonds. The minimum Gasteiger partial charge on any atom is -0.326 e. The van der Waals surface area contributed by atoms with Crippen LogP contribution in [0.1, 0.15) is 11.3 Å². The number of nitrogens with zero attached hydrogens (tertiary/aromatic N) is 1. The van der Waals surface area contributed by atoms with Crippen molar-refractivity contribution in [1.82, 2.24) is 4.98 Å². The fraction of sp³-hybridized carbons (Fsp3) is 0.111. The van der Waals surface area contributed by atoms with Gasteiger partial charge in [-0.3, -0.25) is 4.79 Å². The molecular weight excluding hydrogens is 423 g/mol. The summed E-state index contributed by atoms with van der Waals surface area (Å²) >= 11 is 6.46. The van der Waals surface area contributed by atoms with Gasteiger partial charge in [-0.25, -0.2) is 9.37 Å². The Morgan fingerprint density at radius 3 is 2.60 bits per heavy atom. The van der Waals surface area contributed by atoms with Gasteiger partial charge in [0, 0.05) is 21.3 Å². The summed E-state index contributed by atoms with van der Waals surface area (Å²) < 4.78 is 14.8. The van der Waals surface area contributed by atoms with E-state index in [1.54, 1.807) is 23.9 Å². The first-order chi connectivity index (χ1) is 12.1. The molecule has 0 radical (unpaired) electrons. The Morgan fingerprint density at radius 1 is 1.16 bits per heavy atom. The van der Waals surface area contributed by atoms with Crippen LogP contribution in [0.4, 0.5) is 10.1 Å². The highest BCUT2D eigenvalue weighted by Crippen LogP contribution is 2.26. The van der Waals surface area contributed by atoms with Gasteiger partial charge in [0.1, 0.15) is 10.2 Å². The lowest BCUT2D eigenvalue weighted by molar-refractivity contribution is -0.115. The summed E-state index contributed by atoms with van der Waals surface area (Å²) in [5.74, 6) is 0.392. The van der Waals surface area contributed by atoms with Crippen molar-refractivity contribution in [3.63, 3.8) is 0 Å². The Balaban J connectivity index is 1.51. The maximum atomic E-state index is 12.9. The van der Waals surface area contributed by atoms with Crippen molar-refractivity contribution >= 4 is 50.6 Å². The third kappa shape index (κ3) is 5.66. The van der Waals surface area contributed by atoms with Crippen molar-refractivity contribution in [1.29, 1.82) is 0 Å². The van der Waals surface area contributed by atoms with Gasteiger partial charge in [0.25, 0.3) is 0 Å². The summed E-state index contributed by atoms with van der Waals surface area (Å²) in [7, 11) is 0. The number of thioether (sulfide) groups is 1. The Bertz CT molecular complexity index is 850. The normalized spacial score (nSPS) is 10.6. The average Bonchev–Trinajstić information content (AvgIpc) is 3.04. The number of hydrogen-bond donors (Lipinski definition) is 1. The summed E-state index contributed by atoms with van der Waals surface area (Å²) in [5.41, 5.74) is 2.55. The van der Waals surface area contributed by atoms with Crippen molar-refractivity contribution in [3.05, 3.63) is 75.5 Å². The molecule has 0 saturated carbocycles. The third-order valence-corrected chi connectivity index (χ3v) is 5.95. The van der Waals surface area contributed by atoms with E-state index in [9.17, 15) is 9.18 Å². The average molecular weight is 437 g/mol. The van der Waals surface area contributed by atoms with Gasteiger partial charge in [-0.1, -0.05) is 39.8 Å². The largest absolute Gasteiger partial charge is 0.326 e. The smallest absolute Gasteiger partial charge is 0.230 e. The van der Waals surface area contributed by atoms with Gasteiger partial charge in [-0.15, -0.1) is 11.3 Å². The number of anilines is 1. The number of thiazole rings is 1. The molecule has 3 aromatic rings. The molecule has 3 nitrogen and oxygen atoms in total. The molecule has 0 unspecified atom stereocenters. The van der Waals surface area contributed by atoms with E-state index in [2.05, 4.69) is 26.2 Å². The van der Waals surface area contributed by atoms with Crippen molar-refractivity contribution in [2.75, 3.05) is 5.32 Å². The van der Waals surface area contributed by atoms with Crippen molar-refractivity contribution in [2.45, 2.75) is 16.5 Å². The lowest BCUT2D eigenvalue weighted by atomic mass is 10.2. The van der Waals surface area contributed by atoms with E-state index in [0.717, 1.165) is 31.5 Å². The number of aromatic nitrogens is 1. The number of rotatable bonds is 6. The third-order valence-electron chi connectivity index (χ3n) is 3.28. The zero-order valence-electron chi connectivity index (χ0n) is 13.0. The van der Waals surface area contributed by atoms with Gasteiger partial charge in [-0.05, 0) is 42.0 Å². The standard InChI is InChI=1S/C18H14BrFN2OS2/c19-13-3-7-15(8-4-13)21-17(23)9-16-11-25-18(22-16)24-10-12-1-5-14(20)6-2-12/h1-8,11H,9-10H2,(H,21,23). The second kappa shape index (κ2) is 8.60. The van der Waals surface area contributed by atoms with Crippen LogP contribution >= 0.6 is 39.0 Å². The molecule has 1 N–H and O–H groups in total. The number of nitrogens with one attached hydrogen (secondary N) is 1. The molecule has 0 aliphatic heterocycles. The van der Waals surface area contributed by atoms with E-state index in [4.69, 9.17) is 0 Å². The van der Waals surface area contributed by atoms with Gasteiger partial charge in [-0.2, -0.15) is 0 Å². The van der Waals surface area contributed by atoms with Gasteiger partial charge in [0.2, 0.25) is 5.91 Å². The number of benzene rings is 2. The molecule has 1 heterocycles. The zero-order valence-corrected chi connectivity index (χ0v) is 16.3. The van der Waals surface area contributed by atoms with Crippen LogP contribution in [0.5, 0.6) is 0 Å². The first-order valence-electron chi connectivity index (χ1n) is 7.45.